The Morgan fingerprint density at radius 2 is 1.81 bits per heavy atom. The number of ketones is 1. The predicted octanol–water partition coefficient (Wildman–Crippen LogP) is 2.41. The molecule has 1 atom stereocenters. The van der Waals surface area contributed by atoms with Crippen molar-refractivity contribution in [2.45, 2.75) is 6.23 Å². The number of rotatable bonds is 4. The number of Topliss-reactive ketones (excluding diaryl/α,β-unsaturated/α-hetero) is 1. The fourth-order valence-electron chi connectivity index (χ4n) is 2.29. The van der Waals surface area contributed by atoms with Gasteiger partial charge in [-0.2, -0.15) is 0 Å². The third-order valence-electron chi connectivity index (χ3n) is 3.29. The minimum Gasteiger partial charge on any atom is -0.366 e. The summed E-state index contributed by atoms with van der Waals surface area (Å²) in [5.74, 6) is -0.185. The van der Waals surface area contributed by atoms with Crippen LogP contribution in [0.15, 0.2) is 54.6 Å². The second kappa shape index (κ2) is 5.30. The molecule has 0 aliphatic carbocycles. The number of fused-ring (bicyclic) bond motifs is 1. The summed E-state index contributed by atoms with van der Waals surface area (Å²) in [6, 6.07) is 15.7. The average molecular weight is 279 g/mol. The molecule has 1 unspecified atom stereocenters. The lowest BCUT2D eigenvalue weighted by Gasteiger charge is -2.14. The summed E-state index contributed by atoms with van der Waals surface area (Å²) in [5, 5.41) is 17.8. The molecule has 5 heteroatoms. The lowest BCUT2D eigenvalue weighted by atomic mass is 10.1. The summed E-state index contributed by atoms with van der Waals surface area (Å²) < 4.78 is 1.37. The number of nitrogens with zero attached hydrogens (tertiary/aromatic N) is 2. The molecule has 1 aromatic heterocycles. The fourth-order valence-corrected chi connectivity index (χ4v) is 2.29. The first-order valence-electron chi connectivity index (χ1n) is 6.47. The molecule has 0 bridgehead atoms. The first-order valence-corrected chi connectivity index (χ1v) is 6.47. The zero-order chi connectivity index (χ0) is 14.8. The summed E-state index contributed by atoms with van der Waals surface area (Å²) in [5.41, 5.74) is 1.67. The van der Waals surface area contributed by atoms with Crippen LogP contribution in [-0.4, -0.2) is 26.7 Å². The number of imidazole rings is 1. The van der Waals surface area contributed by atoms with Gasteiger partial charge in [0.05, 0.1) is 17.2 Å². The highest BCUT2D eigenvalue weighted by atomic mass is 16.3. The van der Waals surface area contributed by atoms with E-state index in [1.165, 1.54) is 4.57 Å². The zero-order valence-electron chi connectivity index (χ0n) is 11.1. The van der Waals surface area contributed by atoms with Crippen LogP contribution in [0.3, 0.4) is 0 Å². The van der Waals surface area contributed by atoms with Crippen LogP contribution in [0.25, 0.3) is 11.0 Å². The number of aliphatic hydroxyl groups is 1. The number of nitrogens with one attached hydrogen (secondary N) is 1. The molecule has 21 heavy (non-hydrogen) atoms. The van der Waals surface area contributed by atoms with Crippen molar-refractivity contribution >= 4 is 23.0 Å². The molecule has 0 aliphatic rings. The van der Waals surface area contributed by atoms with Crippen LogP contribution in [0.4, 0.5) is 0 Å². The molecule has 0 fully saturated rings. The second-order valence-corrected chi connectivity index (χ2v) is 4.58. The maximum Gasteiger partial charge on any atom is 0.212 e. The van der Waals surface area contributed by atoms with Gasteiger partial charge >= 0.3 is 0 Å². The SMILES string of the molecule is N=Cc1nc2ccccc2n1C(O)C(=O)c1ccccc1. The van der Waals surface area contributed by atoms with Gasteiger partial charge in [0.2, 0.25) is 5.78 Å². The van der Waals surface area contributed by atoms with Crippen molar-refractivity contribution in [2.24, 2.45) is 0 Å². The highest BCUT2D eigenvalue weighted by molar-refractivity contribution is 5.99. The fraction of sp³-hybridized carbons (Fsp3) is 0.0625. The van der Waals surface area contributed by atoms with Crippen molar-refractivity contribution in [1.29, 1.82) is 5.41 Å². The molecule has 0 saturated carbocycles. The van der Waals surface area contributed by atoms with E-state index in [-0.39, 0.29) is 5.82 Å². The molecule has 104 valence electrons. The van der Waals surface area contributed by atoms with Gasteiger partial charge in [0, 0.05) is 5.56 Å². The molecule has 0 spiro atoms. The van der Waals surface area contributed by atoms with Gasteiger partial charge in [-0.05, 0) is 12.1 Å². The lowest BCUT2D eigenvalue weighted by Crippen LogP contribution is -2.21. The standard InChI is InChI=1S/C16H13N3O2/c17-10-14-18-12-8-4-5-9-13(12)19(14)16(21)15(20)11-6-2-1-3-7-11/h1-10,16-17,21H. The normalized spacial score (nSPS) is 12.2. The number of hydrogen-bond acceptors (Lipinski definition) is 4. The third kappa shape index (κ3) is 2.23. The van der Waals surface area contributed by atoms with Gasteiger partial charge < -0.3 is 10.5 Å². The molecule has 2 aromatic carbocycles. The number of carbonyl (C=O) groups is 1. The molecule has 5 nitrogen and oxygen atoms in total. The molecule has 2 N–H and O–H groups in total. The van der Waals surface area contributed by atoms with Gasteiger partial charge in [0.15, 0.2) is 12.1 Å². The van der Waals surface area contributed by atoms with E-state index in [4.69, 9.17) is 5.41 Å². The Morgan fingerprint density at radius 3 is 2.52 bits per heavy atom. The van der Waals surface area contributed by atoms with Crippen LogP contribution in [0.5, 0.6) is 0 Å². The van der Waals surface area contributed by atoms with Crippen molar-refractivity contribution in [1.82, 2.24) is 9.55 Å². The molecule has 3 aromatic rings. The van der Waals surface area contributed by atoms with Gasteiger partial charge in [0.25, 0.3) is 0 Å². The third-order valence-corrected chi connectivity index (χ3v) is 3.29. The summed E-state index contributed by atoms with van der Waals surface area (Å²) in [6.07, 6.45) is -0.377. The summed E-state index contributed by atoms with van der Waals surface area (Å²) in [7, 11) is 0. The Morgan fingerprint density at radius 1 is 1.14 bits per heavy atom. The van der Waals surface area contributed by atoms with E-state index >= 15 is 0 Å². The van der Waals surface area contributed by atoms with E-state index in [0.717, 1.165) is 6.21 Å². The number of aromatic nitrogens is 2. The Kier molecular flexibility index (Phi) is 3.33. The van der Waals surface area contributed by atoms with Crippen molar-refractivity contribution in [3.63, 3.8) is 0 Å². The van der Waals surface area contributed by atoms with Gasteiger partial charge in [-0.25, -0.2) is 4.98 Å². The zero-order valence-corrected chi connectivity index (χ0v) is 11.1. The Hall–Kier alpha value is -2.79. The largest absolute Gasteiger partial charge is 0.366 e. The summed E-state index contributed by atoms with van der Waals surface area (Å²) in [6.45, 7) is 0. The van der Waals surface area contributed by atoms with E-state index in [9.17, 15) is 9.90 Å². The Bertz CT molecular complexity index is 809. The summed E-state index contributed by atoms with van der Waals surface area (Å²) in [4.78, 5) is 16.6. The quantitative estimate of drug-likeness (QED) is 0.568. The first-order chi connectivity index (χ1) is 10.2. The number of aliphatic hydroxyl groups excluding tert-OH is 1. The van der Waals surface area contributed by atoms with Crippen molar-refractivity contribution in [3.05, 3.63) is 66.0 Å². The highest BCUT2D eigenvalue weighted by Gasteiger charge is 2.23. The molecule has 3 rings (SSSR count). The van der Waals surface area contributed by atoms with Gasteiger partial charge in [0.1, 0.15) is 0 Å². The maximum atomic E-state index is 12.4. The molecule has 1 heterocycles. The average Bonchev–Trinajstić information content (AvgIpc) is 2.92. The minimum absolute atomic E-state index is 0.244. The van der Waals surface area contributed by atoms with Crippen molar-refractivity contribution in [3.8, 4) is 0 Å². The smallest absolute Gasteiger partial charge is 0.212 e. The van der Waals surface area contributed by atoms with Crippen molar-refractivity contribution < 1.29 is 9.90 Å². The Labute approximate surface area is 121 Å². The maximum absolute atomic E-state index is 12.4. The van der Waals surface area contributed by atoms with Crippen LogP contribution < -0.4 is 0 Å². The van der Waals surface area contributed by atoms with E-state index in [0.29, 0.717) is 16.6 Å². The van der Waals surface area contributed by atoms with E-state index in [1.54, 1.807) is 48.5 Å². The number of para-hydroxylation sites is 2. The molecule has 0 saturated heterocycles. The van der Waals surface area contributed by atoms with E-state index in [1.807, 2.05) is 6.07 Å². The first kappa shape index (κ1) is 13.2. The topological polar surface area (TPSA) is 79.0 Å². The second-order valence-electron chi connectivity index (χ2n) is 4.58. The molecule has 0 radical (unpaired) electrons. The Balaban J connectivity index is 2.11. The predicted molar refractivity (Wildman–Crippen MR) is 79.6 cm³/mol. The van der Waals surface area contributed by atoms with E-state index < -0.39 is 12.0 Å². The van der Waals surface area contributed by atoms with Gasteiger partial charge in [-0.15, -0.1) is 0 Å². The van der Waals surface area contributed by atoms with Crippen molar-refractivity contribution in [2.75, 3.05) is 0 Å². The minimum atomic E-state index is -1.41. The van der Waals surface area contributed by atoms with Crippen LogP contribution in [0.2, 0.25) is 0 Å². The van der Waals surface area contributed by atoms with Crippen LogP contribution in [0.1, 0.15) is 22.4 Å². The summed E-state index contributed by atoms with van der Waals surface area (Å²) >= 11 is 0. The van der Waals surface area contributed by atoms with Crippen LogP contribution in [-0.2, 0) is 0 Å². The van der Waals surface area contributed by atoms with Gasteiger partial charge in [-0.3, -0.25) is 9.36 Å². The van der Waals surface area contributed by atoms with Crippen LogP contribution >= 0.6 is 0 Å². The van der Waals surface area contributed by atoms with Crippen LogP contribution in [0, 0.1) is 5.41 Å². The lowest BCUT2D eigenvalue weighted by molar-refractivity contribution is 0.0585. The number of carbonyl (C=O) groups excluding carboxylic acids is 1. The van der Waals surface area contributed by atoms with E-state index in [2.05, 4.69) is 4.98 Å². The molecular formula is C16H13N3O2. The highest BCUT2D eigenvalue weighted by Crippen LogP contribution is 2.21. The molecular weight excluding hydrogens is 266 g/mol. The molecule has 0 aliphatic heterocycles. The van der Waals surface area contributed by atoms with Gasteiger partial charge in [-0.1, -0.05) is 42.5 Å². The monoisotopic (exact) mass is 279 g/mol. The number of hydrogen-bond donors (Lipinski definition) is 2. The number of benzene rings is 2. The molecule has 0 amide bonds.